The Morgan fingerprint density at radius 3 is 2.53 bits per heavy atom. The van der Waals surface area contributed by atoms with Gasteiger partial charge in [0.2, 0.25) is 0 Å². The molecule has 1 heterocycles. The predicted molar refractivity (Wildman–Crippen MR) is 66.0 cm³/mol. The Kier molecular flexibility index (Phi) is 3.71. The predicted octanol–water partition coefficient (Wildman–Crippen LogP) is 2.76. The highest BCUT2D eigenvalue weighted by Crippen LogP contribution is 2.33. The van der Waals surface area contributed by atoms with Gasteiger partial charge < -0.3 is 10.0 Å². The van der Waals surface area contributed by atoms with Crippen molar-refractivity contribution in [2.24, 2.45) is 0 Å². The Morgan fingerprint density at radius 2 is 2.00 bits per heavy atom. The number of hydrogen-bond acceptors (Lipinski definition) is 3. The number of halogens is 3. The molecule has 0 unspecified atom stereocenters. The number of likely N-dealkylation sites (N-methyl/N-ethyl adjacent to an activating group) is 1. The summed E-state index contributed by atoms with van der Waals surface area (Å²) in [6.07, 6.45) is -2.53. The molecule has 106 valence electrons. The molecule has 0 spiro atoms. The zero-order valence-electron chi connectivity index (χ0n) is 10.9. The van der Waals surface area contributed by atoms with Gasteiger partial charge >= 0.3 is 6.18 Å². The molecule has 19 heavy (non-hydrogen) atoms. The van der Waals surface area contributed by atoms with Crippen molar-refractivity contribution in [2.75, 3.05) is 11.9 Å². The fraction of sp³-hybridized carbons (Fsp3) is 0.615. The lowest BCUT2D eigenvalue weighted by Gasteiger charge is -2.28. The highest BCUT2D eigenvalue weighted by Gasteiger charge is 2.33. The maximum atomic E-state index is 12.8. The van der Waals surface area contributed by atoms with Crippen LogP contribution in [0.5, 0.6) is 0 Å². The maximum absolute atomic E-state index is 12.8. The van der Waals surface area contributed by atoms with Crippen LogP contribution in [0.2, 0.25) is 0 Å². The van der Waals surface area contributed by atoms with Crippen molar-refractivity contribution in [1.29, 1.82) is 0 Å². The summed E-state index contributed by atoms with van der Waals surface area (Å²) < 4.78 is 38.3. The first-order valence-electron chi connectivity index (χ1n) is 6.26. The van der Waals surface area contributed by atoms with Gasteiger partial charge in [-0.15, -0.1) is 0 Å². The molecule has 1 N–H and O–H groups in total. The molecule has 0 radical (unpaired) electrons. The van der Waals surface area contributed by atoms with E-state index in [2.05, 4.69) is 4.98 Å². The van der Waals surface area contributed by atoms with Crippen molar-refractivity contribution in [1.82, 2.24) is 4.98 Å². The van der Waals surface area contributed by atoms with E-state index in [4.69, 9.17) is 0 Å². The summed E-state index contributed by atoms with van der Waals surface area (Å²) in [7, 11) is 1.68. The molecule has 0 amide bonds. The quantitative estimate of drug-likeness (QED) is 0.901. The highest BCUT2D eigenvalue weighted by atomic mass is 19.4. The molecule has 1 aromatic rings. The maximum Gasteiger partial charge on any atom is 0.416 e. The van der Waals surface area contributed by atoms with Crippen molar-refractivity contribution in [3.05, 3.63) is 23.4 Å². The summed E-state index contributed by atoms with van der Waals surface area (Å²) in [6.45, 7) is 1.54. The first-order chi connectivity index (χ1) is 8.79. The number of alkyl halides is 3. The number of rotatable bonds is 2. The van der Waals surface area contributed by atoms with Crippen molar-refractivity contribution in [2.45, 2.75) is 44.5 Å². The number of aromatic nitrogens is 1. The van der Waals surface area contributed by atoms with Gasteiger partial charge in [0.15, 0.2) is 0 Å². The Morgan fingerprint density at radius 1 is 1.32 bits per heavy atom. The number of pyridine rings is 1. The van der Waals surface area contributed by atoms with Gasteiger partial charge in [-0.05, 0) is 38.3 Å². The average Bonchev–Trinajstić information content (AvgIpc) is 2.72. The molecule has 1 saturated carbocycles. The van der Waals surface area contributed by atoms with E-state index in [1.165, 1.54) is 6.92 Å². The third-order valence-electron chi connectivity index (χ3n) is 3.57. The van der Waals surface area contributed by atoms with E-state index in [1.54, 1.807) is 11.9 Å². The molecule has 0 bridgehead atoms. The Labute approximate surface area is 110 Å². The summed E-state index contributed by atoms with van der Waals surface area (Å²) in [4.78, 5) is 5.79. The number of nitrogens with zero attached hydrogens (tertiary/aromatic N) is 2. The monoisotopic (exact) mass is 274 g/mol. The van der Waals surface area contributed by atoms with E-state index < -0.39 is 17.8 Å². The van der Waals surface area contributed by atoms with Crippen LogP contribution in [0.4, 0.5) is 19.0 Å². The van der Waals surface area contributed by atoms with Crippen molar-refractivity contribution in [3.63, 3.8) is 0 Å². The van der Waals surface area contributed by atoms with Gasteiger partial charge in [-0.25, -0.2) is 4.98 Å². The minimum absolute atomic E-state index is 0.157. The molecular formula is C13H17F3N2O. The lowest BCUT2D eigenvalue weighted by Crippen LogP contribution is -2.38. The second kappa shape index (κ2) is 5.00. The first kappa shape index (κ1) is 14.1. The molecule has 0 saturated heterocycles. The lowest BCUT2D eigenvalue weighted by atomic mass is 10.1. The van der Waals surface area contributed by atoms with E-state index in [9.17, 15) is 18.3 Å². The zero-order chi connectivity index (χ0) is 14.2. The molecule has 2 rings (SSSR count). The molecule has 1 aliphatic carbocycles. The number of aliphatic hydroxyl groups is 1. The van der Waals surface area contributed by atoms with Crippen LogP contribution in [0.15, 0.2) is 12.1 Å². The van der Waals surface area contributed by atoms with Gasteiger partial charge in [0, 0.05) is 12.7 Å². The second-order valence-electron chi connectivity index (χ2n) is 5.03. The number of aryl methyl sites for hydroxylation is 1. The van der Waals surface area contributed by atoms with Crippen LogP contribution >= 0.6 is 0 Å². The molecule has 6 heteroatoms. The van der Waals surface area contributed by atoms with Crippen LogP contribution in [-0.2, 0) is 6.18 Å². The number of anilines is 1. The minimum Gasteiger partial charge on any atom is -0.391 e. The summed E-state index contributed by atoms with van der Waals surface area (Å²) in [6, 6.07) is 1.91. The Balaban J connectivity index is 2.31. The third kappa shape index (κ3) is 3.00. The molecule has 0 aliphatic heterocycles. The lowest BCUT2D eigenvalue weighted by molar-refractivity contribution is -0.137. The topological polar surface area (TPSA) is 36.4 Å². The summed E-state index contributed by atoms with van der Waals surface area (Å²) in [5.41, 5.74) is -0.376. The molecule has 0 aromatic carbocycles. The highest BCUT2D eigenvalue weighted by molar-refractivity contribution is 5.44. The summed E-state index contributed by atoms with van der Waals surface area (Å²) in [5.74, 6) is 0.262. The Hall–Kier alpha value is -1.30. The van der Waals surface area contributed by atoms with E-state index in [-0.39, 0.29) is 11.9 Å². The van der Waals surface area contributed by atoms with Crippen LogP contribution < -0.4 is 4.90 Å². The van der Waals surface area contributed by atoms with Crippen molar-refractivity contribution in [3.8, 4) is 0 Å². The van der Waals surface area contributed by atoms with Gasteiger partial charge in [0.1, 0.15) is 5.82 Å². The van der Waals surface area contributed by atoms with E-state index in [0.29, 0.717) is 12.1 Å². The smallest absolute Gasteiger partial charge is 0.391 e. The fourth-order valence-electron chi connectivity index (χ4n) is 2.54. The number of hydrogen-bond donors (Lipinski definition) is 1. The molecule has 2 atom stereocenters. The van der Waals surface area contributed by atoms with Crippen LogP contribution in [0.1, 0.15) is 30.5 Å². The summed E-state index contributed by atoms with van der Waals surface area (Å²) in [5, 5.41) is 9.83. The van der Waals surface area contributed by atoms with Crippen LogP contribution in [0.25, 0.3) is 0 Å². The largest absolute Gasteiger partial charge is 0.416 e. The van der Waals surface area contributed by atoms with Gasteiger partial charge in [-0.3, -0.25) is 0 Å². The molecular weight excluding hydrogens is 257 g/mol. The van der Waals surface area contributed by atoms with Crippen molar-refractivity contribution >= 4 is 5.82 Å². The van der Waals surface area contributed by atoms with Crippen LogP contribution in [0.3, 0.4) is 0 Å². The number of aliphatic hydroxyl groups excluding tert-OH is 1. The first-order valence-corrected chi connectivity index (χ1v) is 6.26. The molecule has 1 aliphatic rings. The second-order valence-corrected chi connectivity index (χ2v) is 5.03. The standard InChI is InChI=1S/C13H17F3N2O/c1-8-6-9(13(14,15)16)7-12(17-8)18(2)10-4-3-5-11(10)19/h6-7,10-11,19H,3-5H2,1-2H3/t10-,11-/m1/s1. The van der Waals surface area contributed by atoms with Gasteiger partial charge in [0.05, 0.1) is 17.7 Å². The minimum atomic E-state index is -4.38. The van der Waals surface area contributed by atoms with Gasteiger partial charge in [-0.1, -0.05) is 0 Å². The van der Waals surface area contributed by atoms with E-state index >= 15 is 0 Å². The summed E-state index contributed by atoms with van der Waals surface area (Å²) >= 11 is 0. The SMILES string of the molecule is Cc1cc(C(F)(F)F)cc(N(C)[C@@H]2CCC[C@H]2O)n1. The van der Waals surface area contributed by atoms with Crippen LogP contribution in [0, 0.1) is 6.92 Å². The normalized spacial score (nSPS) is 23.7. The van der Waals surface area contributed by atoms with E-state index in [1.807, 2.05) is 0 Å². The average molecular weight is 274 g/mol. The fourth-order valence-corrected chi connectivity index (χ4v) is 2.54. The van der Waals surface area contributed by atoms with Crippen LogP contribution in [-0.4, -0.2) is 29.3 Å². The van der Waals surface area contributed by atoms with Gasteiger partial charge in [-0.2, -0.15) is 13.2 Å². The molecule has 1 fully saturated rings. The van der Waals surface area contributed by atoms with Crippen molar-refractivity contribution < 1.29 is 18.3 Å². The molecule has 1 aromatic heterocycles. The Bertz CT molecular complexity index is 462. The van der Waals surface area contributed by atoms with E-state index in [0.717, 1.165) is 25.0 Å². The zero-order valence-corrected chi connectivity index (χ0v) is 10.9. The molecule has 3 nitrogen and oxygen atoms in total. The van der Waals surface area contributed by atoms with Gasteiger partial charge in [0.25, 0.3) is 0 Å². The third-order valence-corrected chi connectivity index (χ3v) is 3.57.